The highest BCUT2D eigenvalue weighted by molar-refractivity contribution is 7.77. The Hall–Kier alpha value is -0.750. The van der Waals surface area contributed by atoms with Crippen molar-refractivity contribution in [1.82, 2.24) is 4.72 Å². The van der Waals surface area contributed by atoms with Gasteiger partial charge >= 0.3 is 0 Å². The summed E-state index contributed by atoms with van der Waals surface area (Å²) in [6, 6.07) is 8.59. The fourth-order valence-electron chi connectivity index (χ4n) is 0.799. The van der Waals surface area contributed by atoms with E-state index in [9.17, 15) is 9.32 Å². The van der Waals surface area contributed by atoms with Gasteiger partial charge in [-0.2, -0.15) is 4.72 Å². The Morgan fingerprint density at radius 2 is 1.92 bits per heavy atom. The zero-order valence-electron chi connectivity index (χ0n) is 6.18. The Kier molecular flexibility index (Phi) is 3.36. The number of hydrogen-bond acceptors (Lipinski definition) is 2. The predicted octanol–water partition coefficient (Wildman–Crippen LogP) is 0.404. The van der Waals surface area contributed by atoms with Crippen molar-refractivity contribution in [2.45, 2.75) is 6.23 Å². The summed E-state index contributed by atoms with van der Waals surface area (Å²) in [7, 11) is 0. The lowest BCUT2D eigenvalue weighted by Crippen LogP contribution is -2.22. The van der Waals surface area contributed by atoms with E-state index in [2.05, 4.69) is 0 Å². The SMILES string of the molecule is O=S(O)NC(O)c1ccccc1. The Balaban J connectivity index is 2.65. The van der Waals surface area contributed by atoms with Crippen molar-refractivity contribution in [3.8, 4) is 0 Å². The first-order valence-electron chi connectivity index (χ1n) is 3.30. The largest absolute Gasteiger partial charge is 0.373 e. The van der Waals surface area contributed by atoms with Crippen LogP contribution in [-0.2, 0) is 11.3 Å². The van der Waals surface area contributed by atoms with Gasteiger partial charge in [-0.25, -0.2) is 4.21 Å². The van der Waals surface area contributed by atoms with Crippen LogP contribution in [-0.4, -0.2) is 13.9 Å². The molecule has 1 aromatic rings. The summed E-state index contributed by atoms with van der Waals surface area (Å²) in [5, 5.41) is 9.23. The van der Waals surface area contributed by atoms with Crippen molar-refractivity contribution in [2.75, 3.05) is 0 Å². The maximum absolute atomic E-state index is 10.2. The van der Waals surface area contributed by atoms with Crippen LogP contribution in [0.5, 0.6) is 0 Å². The molecule has 1 rings (SSSR count). The molecular weight excluding hydrogens is 178 g/mol. The van der Waals surface area contributed by atoms with Crippen LogP contribution in [0.1, 0.15) is 11.8 Å². The number of benzene rings is 1. The van der Waals surface area contributed by atoms with Crippen LogP contribution in [0.3, 0.4) is 0 Å². The van der Waals surface area contributed by atoms with Crippen LogP contribution in [0.15, 0.2) is 30.3 Å². The third-order valence-corrected chi connectivity index (χ3v) is 1.75. The van der Waals surface area contributed by atoms with Crippen molar-refractivity contribution in [1.29, 1.82) is 0 Å². The molecule has 0 saturated heterocycles. The Morgan fingerprint density at radius 3 is 2.42 bits per heavy atom. The van der Waals surface area contributed by atoms with Gasteiger partial charge in [0.1, 0.15) is 6.23 Å². The second kappa shape index (κ2) is 4.32. The van der Waals surface area contributed by atoms with Crippen LogP contribution in [0, 0.1) is 0 Å². The Morgan fingerprint density at radius 1 is 1.33 bits per heavy atom. The first-order valence-corrected chi connectivity index (χ1v) is 4.41. The van der Waals surface area contributed by atoms with E-state index >= 15 is 0 Å². The lowest BCUT2D eigenvalue weighted by atomic mass is 10.2. The third-order valence-electron chi connectivity index (χ3n) is 1.33. The van der Waals surface area contributed by atoms with Gasteiger partial charge in [0.2, 0.25) is 11.3 Å². The average molecular weight is 187 g/mol. The summed E-state index contributed by atoms with van der Waals surface area (Å²) >= 11 is -2.20. The minimum absolute atomic E-state index is 0.555. The van der Waals surface area contributed by atoms with Gasteiger partial charge in [-0.05, 0) is 5.56 Å². The fourth-order valence-corrected chi connectivity index (χ4v) is 1.13. The molecule has 0 spiro atoms. The van der Waals surface area contributed by atoms with Crippen molar-refractivity contribution in [2.24, 2.45) is 0 Å². The fraction of sp³-hybridized carbons (Fsp3) is 0.143. The molecule has 0 radical (unpaired) electrons. The molecule has 0 amide bonds. The van der Waals surface area contributed by atoms with Gasteiger partial charge < -0.3 is 5.11 Å². The van der Waals surface area contributed by atoms with Gasteiger partial charge in [0.15, 0.2) is 0 Å². The summed E-state index contributed by atoms with van der Waals surface area (Å²) in [4.78, 5) is 0. The van der Waals surface area contributed by atoms with Gasteiger partial charge in [0.25, 0.3) is 0 Å². The van der Waals surface area contributed by atoms with Gasteiger partial charge in [0, 0.05) is 0 Å². The monoisotopic (exact) mass is 187 g/mol. The number of aliphatic hydroxyl groups excluding tert-OH is 1. The smallest absolute Gasteiger partial charge is 0.234 e. The molecule has 0 aliphatic heterocycles. The minimum atomic E-state index is -2.20. The summed E-state index contributed by atoms with van der Waals surface area (Å²) in [5.41, 5.74) is 0.555. The van der Waals surface area contributed by atoms with Gasteiger partial charge in [-0.3, -0.25) is 4.55 Å². The van der Waals surface area contributed by atoms with Crippen molar-refractivity contribution < 1.29 is 13.9 Å². The maximum Gasteiger partial charge on any atom is 0.234 e. The summed E-state index contributed by atoms with van der Waals surface area (Å²) in [6.45, 7) is 0. The van der Waals surface area contributed by atoms with Crippen molar-refractivity contribution >= 4 is 11.3 Å². The number of aliphatic hydroxyl groups is 1. The van der Waals surface area contributed by atoms with E-state index in [0.29, 0.717) is 5.56 Å². The van der Waals surface area contributed by atoms with Gasteiger partial charge in [-0.15, -0.1) is 0 Å². The molecule has 0 aromatic heterocycles. The van der Waals surface area contributed by atoms with E-state index in [-0.39, 0.29) is 0 Å². The highest BCUT2D eigenvalue weighted by atomic mass is 32.2. The Labute approximate surface area is 72.7 Å². The molecule has 0 fully saturated rings. The number of nitrogens with one attached hydrogen (secondary N) is 1. The molecule has 4 nitrogen and oxygen atoms in total. The second-order valence-electron chi connectivity index (χ2n) is 2.18. The van der Waals surface area contributed by atoms with E-state index in [0.717, 1.165) is 0 Å². The van der Waals surface area contributed by atoms with Gasteiger partial charge in [0.05, 0.1) is 0 Å². The van der Waals surface area contributed by atoms with Crippen molar-refractivity contribution in [3.05, 3.63) is 35.9 Å². The van der Waals surface area contributed by atoms with Crippen LogP contribution in [0.4, 0.5) is 0 Å². The topological polar surface area (TPSA) is 69.6 Å². The van der Waals surface area contributed by atoms with Crippen molar-refractivity contribution in [3.63, 3.8) is 0 Å². The van der Waals surface area contributed by atoms with Crippen LogP contribution >= 0.6 is 0 Å². The molecule has 0 heterocycles. The molecule has 2 atom stereocenters. The first-order chi connectivity index (χ1) is 5.70. The molecular formula is C7H9NO3S. The first kappa shape index (κ1) is 9.34. The van der Waals surface area contributed by atoms with Gasteiger partial charge in [-0.1, -0.05) is 30.3 Å². The minimum Gasteiger partial charge on any atom is -0.373 e. The van der Waals surface area contributed by atoms with E-state index in [1.807, 2.05) is 4.72 Å². The normalized spacial score (nSPS) is 15.5. The molecule has 66 valence electrons. The van der Waals surface area contributed by atoms with E-state index in [1.165, 1.54) is 0 Å². The summed E-state index contributed by atoms with van der Waals surface area (Å²) in [5.74, 6) is 0. The molecule has 0 aliphatic rings. The molecule has 3 N–H and O–H groups in total. The quantitative estimate of drug-likeness (QED) is 0.474. The lowest BCUT2D eigenvalue weighted by Gasteiger charge is -2.08. The van der Waals surface area contributed by atoms with Crippen LogP contribution < -0.4 is 4.72 Å². The maximum atomic E-state index is 10.2. The molecule has 12 heavy (non-hydrogen) atoms. The molecule has 0 saturated carbocycles. The number of hydrogen-bond donors (Lipinski definition) is 3. The average Bonchev–Trinajstić information content (AvgIpc) is 2.05. The highest BCUT2D eigenvalue weighted by Gasteiger charge is 2.07. The third kappa shape index (κ3) is 2.71. The number of rotatable bonds is 3. The molecule has 0 aliphatic carbocycles. The van der Waals surface area contributed by atoms with E-state index < -0.39 is 17.5 Å². The Bertz CT molecular complexity index is 265. The zero-order chi connectivity index (χ0) is 8.97. The zero-order valence-corrected chi connectivity index (χ0v) is 6.99. The molecule has 5 heteroatoms. The lowest BCUT2D eigenvalue weighted by molar-refractivity contribution is 0.165. The van der Waals surface area contributed by atoms with Crippen LogP contribution in [0.2, 0.25) is 0 Å². The van der Waals surface area contributed by atoms with Crippen LogP contribution in [0.25, 0.3) is 0 Å². The standard InChI is InChI=1S/C7H9NO3S/c9-7(8-12(10)11)6-4-2-1-3-5-6/h1-5,7-9H,(H,10,11). The van der Waals surface area contributed by atoms with E-state index in [1.54, 1.807) is 30.3 Å². The highest BCUT2D eigenvalue weighted by Crippen LogP contribution is 2.08. The molecule has 2 unspecified atom stereocenters. The molecule has 0 bridgehead atoms. The molecule has 1 aromatic carbocycles. The summed E-state index contributed by atoms with van der Waals surface area (Å²) < 4.78 is 20.7. The summed E-state index contributed by atoms with van der Waals surface area (Å²) in [6.07, 6.45) is -1.10. The second-order valence-corrected chi connectivity index (χ2v) is 2.91. The van der Waals surface area contributed by atoms with E-state index in [4.69, 9.17) is 4.55 Å². The predicted molar refractivity (Wildman–Crippen MR) is 45.3 cm³/mol.